The second kappa shape index (κ2) is 9.46. The minimum Gasteiger partial charge on any atom is -0.376 e. The van der Waals surface area contributed by atoms with Crippen molar-refractivity contribution in [3.05, 3.63) is 75.5 Å². The van der Waals surface area contributed by atoms with Gasteiger partial charge in [0.1, 0.15) is 5.01 Å². The highest BCUT2D eigenvalue weighted by molar-refractivity contribution is 7.98. The smallest absolute Gasteiger partial charge is 0.262 e. The molecule has 0 radical (unpaired) electrons. The zero-order valence-corrected chi connectivity index (χ0v) is 19.4. The number of nitrogens with zero attached hydrogens (tertiary/aromatic N) is 3. The Kier molecular flexibility index (Phi) is 6.26. The van der Waals surface area contributed by atoms with Crippen molar-refractivity contribution in [3.63, 3.8) is 0 Å². The summed E-state index contributed by atoms with van der Waals surface area (Å²) in [5.41, 5.74) is 8.29. The third kappa shape index (κ3) is 4.71. The van der Waals surface area contributed by atoms with Gasteiger partial charge in [-0.2, -0.15) is 0 Å². The molecule has 0 aliphatic carbocycles. The van der Waals surface area contributed by atoms with E-state index in [-0.39, 0.29) is 11.7 Å². The van der Waals surface area contributed by atoms with Gasteiger partial charge < -0.3 is 10.5 Å². The molecule has 2 N–H and O–H groups in total. The molecule has 1 unspecified atom stereocenters. The summed E-state index contributed by atoms with van der Waals surface area (Å²) in [7, 11) is 0. The van der Waals surface area contributed by atoms with Crippen LogP contribution in [0.15, 0.2) is 63.9 Å². The predicted octanol–water partition coefficient (Wildman–Crippen LogP) is 4.09. The number of fused-ring (bicyclic) bond motifs is 1. The van der Waals surface area contributed by atoms with Crippen LogP contribution < -0.4 is 11.3 Å². The third-order valence-electron chi connectivity index (χ3n) is 5.55. The number of nitrogens with two attached hydrogens (primary N) is 1. The summed E-state index contributed by atoms with van der Waals surface area (Å²) >= 11 is 3.05. The lowest BCUT2D eigenvalue weighted by molar-refractivity contribution is 0.0937. The van der Waals surface area contributed by atoms with Crippen LogP contribution in [0.4, 0.5) is 0 Å². The van der Waals surface area contributed by atoms with Crippen molar-refractivity contribution in [2.75, 3.05) is 6.61 Å². The summed E-state index contributed by atoms with van der Waals surface area (Å²) in [6, 6.07) is 14.5. The molecule has 2 aromatic heterocycles. The largest absolute Gasteiger partial charge is 0.376 e. The molecule has 5 rings (SSSR count). The van der Waals surface area contributed by atoms with E-state index in [1.807, 2.05) is 41.8 Å². The Hall–Kier alpha value is -3.01. The molecule has 7 nitrogen and oxygen atoms in total. The summed E-state index contributed by atoms with van der Waals surface area (Å²) in [5, 5.41) is 4.17. The standard InChI is InChI=1S/C24H22N4O3S2/c25-21(29)15-7-9-16(10-8-15)22-26-17(13-32-22)14-33-24-27-20-6-2-1-5-19(20)23(30)28(24)12-18-4-3-11-31-18/h1-2,5-10,13,18H,3-4,11-12,14H2,(H2,25,29). The van der Waals surface area contributed by atoms with Crippen molar-refractivity contribution in [1.29, 1.82) is 0 Å². The Morgan fingerprint density at radius 3 is 2.76 bits per heavy atom. The van der Waals surface area contributed by atoms with E-state index in [1.165, 1.54) is 23.1 Å². The lowest BCUT2D eigenvalue weighted by atomic mass is 10.1. The fourth-order valence-electron chi connectivity index (χ4n) is 3.83. The van der Waals surface area contributed by atoms with E-state index in [0.29, 0.717) is 33.9 Å². The van der Waals surface area contributed by atoms with Gasteiger partial charge >= 0.3 is 0 Å². The molecule has 168 valence electrons. The number of hydrogen-bond acceptors (Lipinski definition) is 7. The summed E-state index contributed by atoms with van der Waals surface area (Å²) in [6.45, 7) is 1.25. The van der Waals surface area contributed by atoms with E-state index in [1.54, 1.807) is 16.7 Å². The lowest BCUT2D eigenvalue weighted by Gasteiger charge is -2.16. The Labute approximate surface area is 198 Å². The Bertz CT molecular complexity index is 1360. The number of hydrogen-bond donors (Lipinski definition) is 1. The van der Waals surface area contributed by atoms with Crippen LogP contribution in [0.1, 0.15) is 28.9 Å². The molecule has 1 fully saturated rings. The molecule has 0 saturated carbocycles. The maximum atomic E-state index is 13.2. The SMILES string of the molecule is NC(=O)c1ccc(-c2nc(CSc3nc4ccccc4c(=O)n3CC3CCCO3)cs2)cc1. The molecule has 2 aromatic carbocycles. The molecule has 9 heteroatoms. The predicted molar refractivity (Wildman–Crippen MR) is 131 cm³/mol. The van der Waals surface area contributed by atoms with Gasteiger partial charge in [-0.25, -0.2) is 9.97 Å². The van der Waals surface area contributed by atoms with Crippen LogP contribution in [0, 0.1) is 0 Å². The number of benzene rings is 2. The van der Waals surface area contributed by atoms with Gasteiger partial charge in [0.05, 0.1) is 29.2 Å². The molecule has 0 bridgehead atoms. The van der Waals surface area contributed by atoms with Crippen LogP contribution in [0.2, 0.25) is 0 Å². The molecular formula is C24H22N4O3S2. The van der Waals surface area contributed by atoms with Gasteiger partial charge in [0, 0.05) is 28.9 Å². The first-order valence-electron chi connectivity index (χ1n) is 10.7. The number of thioether (sulfide) groups is 1. The van der Waals surface area contributed by atoms with E-state index >= 15 is 0 Å². The van der Waals surface area contributed by atoms with Crippen molar-refractivity contribution >= 4 is 39.9 Å². The second-order valence-electron chi connectivity index (χ2n) is 7.84. The van der Waals surface area contributed by atoms with Crippen molar-refractivity contribution in [2.24, 2.45) is 5.73 Å². The van der Waals surface area contributed by atoms with Crippen molar-refractivity contribution in [1.82, 2.24) is 14.5 Å². The van der Waals surface area contributed by atoms with Crippen LogP contribution >= 0.6 is 23.1 Å². The quantitative estimate of drug-likeness (QED) is 0.317. The number of aromatic nitrogens is 3. The van der Waals surface area contributed by atoms with Crippen LogP contribution in [-0.2, 0) is 17.0 Å². The molecule has 1 atom stereocenters. The first-order chi connectivity index (χ1) is 16.1. The number of rotatable bonds is 7. The van der Waals surface area contributed by atoms with Gasteiger partial charge in [0.25, 0.3) is 5.56 Å². The summed E-state index contributed by atoms with van der Waals surface area (Å²) < 4.78 is 7.53. The summed E-state index contributed by atoms with van der Waals surface area (Å²) in [5.74, 6) is 0.140. The Morgan fingerprint density at radius 2 is 2.00 bits per heavy atom. The molecule has 1 aliphatic rings. The first-order valence-corrected chi connectivity index (χ1v) is 12.5. The van der Waals surface area contributed by atoms with Gasteiger partial charge in [-0.15, -0.1) is 11.3 Å². The van der Waals surface area contributed by atoms with Crippen LogP contribution in [0.5, 0.6) is 0 Å². The van der Waals surface area contributed by atoms with Gasteiger partial charge in [-0.1, -0.05) is 36.0 Å². The van der Waals surface area contributed by atoms with E-state index in [4.69, 9.17) is 20.4 Å². The number of carbonyl (C=O) groups excluding carboxylic acids is 1. The third-order valence-corrected chi connectivity index (χ3v) is 7.50. The molecule has 1 amide bonds. The van der Waals surface area contributed by atoms with E-state index in [0.717, 1.165) is 35.7 Å². The number of carbonyl (C=O) groups is 1. The van der Waals surface area contributed by atoms with Crippen molar-refractivity contribution < 1.29 is 9.53 Å². The molecule has 33 heavy (non-hydrogen) atoms. The van der Waals surface area contributed by atoms with E-state index in [9.17, 15) is 9.59 Å². The fourth-order valence-corrected chi connectivity index (χ4v) is 5.66. The topological polar surface area (TPSA) is 100 Å². The molecule has 3 heterocycles. The van der Waals surface area contributed by atoms with Crippen molar-refractivity contribution in [2.45, 2.75) is 36.4 Å². The normalized spacial score (nSPS) is 15.8. The van der Waals surface area contributed by atoms with Gasteiger partial charge in [-0.05, 0) is 37.1 Å². The average Bonchev–Trinajstić information content (AvgIpc) is 3.52. The monoisotopic (exact) mass is 478 g/mol. The lowest BCUT2D eigenvalue weighted by Crippen LogP contribution is -2.28. The van der Waals surface area contributed by atoms with E-state index in [2.05, 4.69) is 0 Å². The highest BCUT2D eigenvalue weighted by Crippen LogP contribution is 2.28. The molecular weight excluding hydrogens is 456 g/mol. The fraction of sp³-hybridized carbons (Fsp3) is 0.250. The highest BCUT2D eigenvalue weighted by Gasteiger charge is 2.20. The number of primary amides is 1. The minimum atomic E-state index is -0.449. The van der Waals surface area contributed by atoms with Gasteiger partial charge in [-0.3, -0.25) is 14.2 Å². The van der Waals surface area contributed by atoms with Crippen LogP contribution in [0.3, 0.4) is 0 Å². The molecule has 0 spiro atoms. The maximum absolute atomic E-state index is 13.2. The van der Waals surface area contributed by atoms with Crippen LogP contribution in [0.25, 0.3) is 21.5 Å². The van der Waals surface area contributed by atoms with E-state index < -0.39 is 5.91 Å². The van der Waals surface area contributed by atoms with Crippen LogP contribution in [-0.4, -0.2) is 33.2 Å². The van der Waals surface area contributed by atoms with Gasteiger partial charge in [0.2, 0.25) is 5.91 Å². The number of thiazole rings is 1. The average molecular weight is 479 g/mol. The maximum Gasteiger partial charge on any atom is 0.262 e. The zero-order valence-electron chi connectivity index (χ0n) is 17.8. The first kappa shape index (κ1) is 21.8. The van der Waals surface area contributed by atoms with Gasteiger partial charge in [0.15, 0.2) is 5.16 Å². The molecule has 4 aromatic rings. The highest BCUT2D eigenvalue weighted by atomic mass is 32.2. The number of ether oxygens (including phenoxy) is 1. The Balaban J connectivity index is 1.39. The zero-order chi connectivity index (χ0) is 22.8. The number of amides is 1. The molecule has 1 aliphatic heterocycles. The van der Waals surface area contributed by atoms with Crippen molar-refractivity contribution in [3.8, 4) is 10.6 Å². The second-order valence-corrected chi connectivity index (χ2v) is 9.64. The minimum absolute atomic E-state index is 0.0351. The summed E-state index contributed by atoms with van der Waals surface area (Å²) in [6.07, 6.45) is 2.01. The summed E-state index contributed by atoms with van der Waals surface area (Å²) in [4.78, 5) is 34.0. The number of para-hydroxylation sites is 1. The molecule has 1 saturated heterocycles. The Morgan fingerprint density at radius 1 is 1.18 bits per heavy atom.